The lowest BCUT2D eigenvalue weighted by molar-refractivity contribution is -0.317. The Kier molecular flexibility index (Phi) is 18.0. The minimum atomic E-state index is -2.02. The van der Waals surface area contributed by atoms with E-state index < -0.39 is 114 Å². The second-order valence-corrected chi connectivity index (χ2v) is 17.7. The summed E-state index contributed by atoms with van der Waals surface area (Å²) < 4.78 is 42.5. The molecule has 3 fully saturated rings. The van der Waals surface area contributed by atoms with Gasteiger partial charge < -0.3 is 68.4 Å². The Balaban J connectivity index is 2.25. The van der Waals surface area contributed by atoms with Gasteiger partial charge in [0.1, 0.15) is 23.9 Å². The highest BCUT2D eigenvalue weighted by Gasteiger charge is 2.53. The van der Waals surface area contributed by atoms with Crippen LogP contribution in [0.1, 0.15) is 102 Å². The third kappa shape index (κ3) is 11.7. The largest absolute Gasteiger partial charge is 0.463 e. The van der Waals surface area contributed by atoms with E-state index in [2.05, 4.69) is 5.16 Å². The van der Waals surface area contributed by atoms with Crippen molar-refractivity contribution < 1.29 is 73.1 Å². The van der Waals surface area contributed by atoms with Gasteiger partial charge in [0.05, 0.1) is 60.0 Å². The highest BCUT2D eigenvalue weighted by Crippen LogP contribution is 2.41. The standard InChI is InChI=1S/C41H74N2O15/c1-15-28-41(11,50)34(46)23(5)31(42-53-20-29(44)52-16-2)21(3)18-39(9,49)36(58-38-32(45)27(43(12)13)17-22(4)54-38)24(6)33(25(7)37(48)56-28)57-30-19-40(10,51-14)35(47)26(8)55-30/h21-28,30,32-36,38,45-47,49-50H,15-20H2,1-14H3/b42-31+/t21-,22-,23+,24+,25-,26+,27+,28-,30+,32-,33+,34-,35+,36?,38+,39-,40-,41-/m1/s1. The van der Waals surface area contributed by atoms with Crippen molar-refractivity contribution in [3.8, 4) is 0 Å². The number of oxime groups is 1. The minimum Gasteiger partial charge on any atom is -0.463 e. The summed E-state index contributed by atoms with van der Waals surface area (Å²) in [5.74, 6) is -5.05. The second-order valence-electron chi connectivity index (χ2n) is 17.7. The van der Waals surface area contributed by atoms with Gasteiger partial charge in [0, 0.05) is 37.3 Å². The van der Waals surface area contributed by atoms with E-state index in [0.29, 0.717) is 6.42 Å². The molecule has 3 aliphatic rings. The number of methoxy groups -OCH3 is 1. The van der Waals surface area contributed by atoms with Crippen molar-refractivity contribution >= 4 is 17.7 Å². The fourth-order valence-electron chi connectivity index (χ4n) is 8.96. The van der Waals surface area contributed by atoms with Crippen LogP contribution in [-0.2, 0) is 47.6 Å². The van der Waals surface area contributed by atoms with Gasteiger partial charge in [-0.05, 0) is 81.8 Å². The van der Waals surface area contributed by atoms with Gasteiger partial charge in [-0.2, -0.15) is 0 Å². The Morgan fingerprint density at radius 1 is 0.931 bits per heavy atom. The van der Waals surface area contributed by atoms with Crippen LogP contribution in [0.2, 0.25) is 0 Å². The van der Waals surface area contributed by atoms with Gasteiger partial charge in [-0.25, -0.2) is 4.79 Å². The van der Waals surface area contributed by atoms with Crippen molar-refractivity contribution in [3.05, 3.63) is 0 Å². The number of hydrogen-bond acceptors (Lipinski definition) is 17. The Bertz CT molecular complexity index is 1360. The molecule has 3 heterocycles. The highest BCUT2D eigenvalue weighted by molar-refractivity contribution is 5.89. The smallest absolute Gasteiger partial charge is 0.347 e. The molecule has 17 heteroatoms. The summed E-state index contributed by atoms with van der Waals surface area (Å²) in [4.78, 5) is 33.8. The van der Waals surface area contributed by atoms with E-state index in [1.807, 2.05) is 25.9 Å². The van der Waals surface area contributed by atoms with E-state index in [9.17, 15) is 35.1 Å². The third-order valence-corrected chi connectivity index (χ3v) is 12.5. The normalized spacial score (nSPS) is 45.7. The molecule has 0 aromatic heterocycles. The van der Waals surface area contributed by atoms with Gasteiger partial charge >= 0.3 is 11.9 Å². The predicted molar refractivity (Wildman–Crippen MR) is 211 cm³/mol. The Labute approximate surface area is 344 Å². The zero-order valence-corrected chi connectivity index (χ0v) is 37.1. The van der Waals surface area contributed by atoms with Gasteiger partial charge in [0.25, 0.3) is 0 Å². The van der Waals surface area contributed by atoms with Crippen molar-refractivity contribution in [1.29, 1.82) is 0 Å². The Morgan fingerprint density at radius 2 is 1.57 bits per heavy atom. The van der Waals surface area contributed by atoms with Crippen LogP contribution in [0.15, 0.2) is 5.16 Å². The van der Waals surface area contributed by atoms with Crippen molar-refractivity contribution in [2.24, 2.45) is 28.8 Å². The second kappa shape index (κ2) is 20.7. The minimum absolute atomic E-state index is 0.0768. The predicted octanol–water partition coefficient (Wildman–Crippen LogP) is 2.15. The van der Waals surface area contributed by atoms with E-state index in [4.69, 9.17) is 38.0 Å². The number of cyclic esters (lactones) is 1. The molecule has 0 bridgehead atoms. The summed E-state index contributed by atoms with van der Waals surface area (Å²) in [5.41, 5.74) is -4.71. The Morgan fingerprint density at radius 3 is 2.14 bits per heavy atom. The average molecular weight is 835 g/mol. The van der Waals surface area contributed by atoms with Gasteiger partial charge in [-0.1, -0.05) is 32.9 Å². The first-order valence-corrected chi connectivity index (χ1v) is 20.7. The lowest BCUT2D eigenvalue weighted by atomic mass is 9.73. The molecule has 0 spiro atoms. The van der Waals surface area contributed by atoms with E-state index >= 15 is 0 Å². The summed E-state index contributed by atoms with van der Waals surface area (Å²) in [6.45, 7) is 17.9. The highest BCUT2D eigenvalue weighted by atomic mass is 16.7. The summed E-state index contributed by atoms with van der Waals surface area (Å²) in [7, 11) is 5.17. The van der Waals surface area contributed by atoms with Crippen LogP contribution in [0.3, 0.4) is 0 Å². The van der Waals surface area contributed by atoms with Gasteiger partial charge in [0.15, 0.2) is 12.6 Å². The molecule has 0 amide bonds. The summed E-state index contributed by atoms with van der Waals surface area (Å²) in [5, 5.41) is 63.4. The molecule has 1 unspecified atom stereocenters. The molecule has 3 aliphatic heterocycles. The number of hydrogen-bond donors (Lipinski definition) is 5. The number of ether oxygens (including phenoxy) is 7. The van der Waals surface area contributed by atoms with E-state index in [-0.39, 0.29) is 43.7 Å². The summed E-state index contributed by atoms with van der Waals surface area (Å²) in [6, 6.07) is -0.348. The van der Waals surface area contributed by atoms with Crippen LogP contribution in [0.25, 0.3) is 0 Å². The molecular weight excluding hydrogens is 760 g/mol. The van der Waals surface area contributed by atoms with Crippen LogP contribution in [0.5, 0.6) is 0 Å². The molecule has 5 N–H and O–H groups in total. The van der Waals surface area contributed by atoms with Gasteiger partial charge in [-0.3, -0.25) is 4.79 Å². The molecule has 0 radical (unpaired) electrons. The van der Waals surface area contributed by atoms with Crippen LogP contribution < -0.4 is 0 Å². The van der Waals surface area contributed by atoms with Gasteiger partial charge in [-0.15, -0.1) is 0 Å². The van der Waals surface area contributed by atoms with Crippen LogP contribution in [0, 0.1) is 23.7 Å². The maximum absolute atomic E-state index is 14.3. The lowest BCUT2D eigenvalue weighted by Crippen LogP contribution is -2.61. The number of aliphatic hydroxyl groups is 5. The SMILES string of the molecule is CCOC(=O)CO/N=C1\[C@H](C)C[C@@](C)(O)C(O[C@@H]2O[C@H](C)C[C@H](N(C)C)[C@H]2O)[C@@H](C)[C@H](O[C@H]2C[C@@](C)(OC)[C@@H](O)[C@H](C)O2)[C@@H](C)C(=O)O[C@H](CC)[C@@](C)(O)[C@H](O)[C@H]1C. The number of aliphatic hydroxyl groups excluding tert-OH is 3. The molecule has 17 nitrogen and oxygen atoms in total. The fourth-order valence-corrected chi connectivity index (χ4v) is 8.96. The maximum Gasteiger partial charge on any atom is 0.347 e. The Hall–Kier alpha value is -2.03. The average Bonchev–Trinajstić information content (AvgIpc) is 3.14. The monoisotopic (exact) mass is 835 g/mol. The number of likely N-dealkylation sites (N-methyl/N-ethyl adjacent to an activating group) is 1. The van der Waals surface area contributed by atoms with Crippen molar-refractivity contribution in [2.45, 2.75) is 186 Å². The molecule has 58 heavy (non-hydrogen) atoms. The van der Waals surface area contributed by atoms with Crippen molar-refractivity contribution in [1.82, 2.24) is 4.90 Å². The molecule has 3 saturated heterocycles. The van der Waals surface area contributed by atoms with E-state index in [0.717, 1.165) is 0 Å². The van der Waals surface area contributed by atoms with Gasteiger partial charge in [0.2, 0.25) is 6.61 Å². The lowest BCUT2D eigenvalue weighted by Gasteiger charge is -2.49. The number of rotatable bonds is 11. The molecule has 18 atom stereocenters. The fraction of sp³-hybridized carbons (Fsp3) is 0.927. The van der Waals surface area contributed by atoms with Crippen LogP contribution >= 0.6 is 0 Å². The van der Waals surface area contributed by atoms with Crippen LogP contribution in [0.4, 0.5) is 0 Å². The molecule has 338 valence electrons. The summed E-state index contributed by atoms with van der Waals surface area (Å²) in [6.07, 6.45) is -9.91. The third-order valence-electron chi connectivity index (χ3n) is 12.5. The number of carbonyl (C=O) groups is 2. The molecular formula is C41H74N2O15. The first kappa shape index (κ1) is 50.3. The van der Waals surface area contributed by atoms with Crippen molar-refractivity contribution in [3.63, 3.8) is 0 Å². The molecule has 3 rings (SSSR count). The number of esters is 2. The molecule has 0 aromatic carbocycles. The number of carbonyl (C=O) groups excluding carboxylic acids is 2. The first-order valence-electron chi connectivity index (χ1n) is 20.7. The molecule has 0 aromatic rings. The van der Waals surface area contributed by atoms with Crippen LogP contribution in [-0.4, -0.2) is 167 Å². The number of nitrogens with zero attached hydrogens (tertiary/aromatic N) is 2. The first-order chi connectivity index (χ1) is 26.9. The van der Waals surface area contributed by atoms with E-state index in [1.165, 1.54) is 14.0 Å². The summed E-state index contributed by atoms with van der Waals surface area (Å²) >= 11 is 0. The molecule has 0 saturated carbocycles. The molecule has 0 aliphatic carbocycles. The zero-order chi connectivity index (χ0) is 44.1. The zero-order valence-electron chi connectivity index (χ0n) is 37.1. The topological polar surface area (TPSA) is 225 Å². The quantitative estimate of drug-likeness (QED) is 0.149. The van der Waals surface area contributed by atoms with Crippen molar-refractivity contribution in [2.75, 3.05) is 34.4 Å². The van der Waals surface area contributed by atoms with E-state index in [1.54, 1.807) is 62.3 Å². The maximum atomic E-state index is 14.3.